The number of carbonyl (C=O) groups is 2. The van der Waals surface area contributed by atoms with E-state index in [9.17, 15) is 9.59 Å². The molecule has 222 valence electrons. The van der Waals surface area contributed by atoms with Crippen LogP contribution in [-0.4, -0.2) is 40.4 Å². The first-order chi connectivity index (χ1) is 20.2. The maximum Gasteiger partial charge on any atom is 0.232 e. The summed E-state index contributed by atoms with van der Waals surface area (Å²) in [4.78, 5) is 34.6. The molecule has 0 aromatic heterocycles. The Labute approximate surface area is 248 Å². The Morgan fingerprint density at radius 2 is 1.90 bits per heavy atom. The van der Waals surface area contributed by atoms with Crippen LogP contribution in [0.3, 0.4) is 0 Å². The standard InChI is InChI=1S/C34H42N4O4/c1-4-34-14-8-7-9-20-12-13-28-24(15-20)26(17-33(2,3)42-28)36-31(40)23-16-22(23)25-19-41-27-11-6-5-10-21(27)30(25)38(29(39)18-34)32(35)37-34/h5-6,10-13,15,22-23,25-26,30H,4,7-9,14,16-19H2,1-3H3,(H2,35,37)(H,36,40)/t22?,23?,25?,26-,30?,34+/m0/s1. The van der Waals surface area contributed by atoms with E-state index in [1.54, 1.807) is 4.90 Å². The van der Waals surface area contributed by atoms with Crippen LogP contribution in [0.5, 0.6) is 11.5 Å². The highest BCUT2D eigenvalue weighted by Crippen LogP contribution is 2.54. The number of nitrogens with zero attached hydrogens (tertiary/aromatic N) is 2. The van der Waals surface area contributed by atoms with E-state index in [1.165, 1.54) is 5.56 Å². The largest absolute Gasteiger partial charge is 0.493 e. The molecule has 0 saturated heterocycles. The summed E-state index contributed by atoms with van der Waals surface area (Å²) in [6.45, 7) is 6.71. The molecule has 42 heavy (non-hydrogen) atoms. The number of nitrogens with one attached hydrogen (secondary N) is 1. The van der Waals surface area contributed by atoms with Crippen LogP contribution in [0, 0.1) is 17.8 Å². The Hall–Kier alpha value is -3.55. The van der Waals surface area contributed by atoms with Gasteiger partial charge in [0, 0.05) is 29.4 Å². The third-order valence-electron chi connectivity index (χ3n) is 10.3. The molecule has 0 spiro atoms. The van der Waals surface area contributed by atoms with Crippen LogP contribution in [0.25, 0.3) is 0 Å². The van der Waals surface area contributed by atoms with E-state index in [0.29, 0.717) is 25.4 Å². The summed E-state index contributed by atoms with van der Waals surface area (Å²) in [5, 5.41) is 3.41. The topological polar surface area (TPSA) is 106 Å². The summed E-state index contributed by atoms with van der Waals surface area (Å²) >= 11 is 0. The lowest BCUT2D eigenvalue weighted by Crippen LogP contribution is -2.55. The first-order valence-electron chi connectivity index (χ1n) is 15.7. The number of rotatable bonds is 1. The van der Waals surface area contributed by atoms with Crippen LogP contribution < -0.4 is 20.5 Å². The van der Waals surface area contributed by atoms with Gasteiger partial charge in [-0.05, 0) is 69.6 Å². The van der Waals surface area contributed by atoms with Crippen molar-refractivity contribution in [3.8, 4) is 11.5 Å². The zero-order chi connectivity index (χ0) is 29.2. The molecule has 5 heterocycles. The molecule has 0 radical (unpaired) electrons. The van der Waals surface area contributed by atoms with E-state index in [2.05, 4.69) is 44.3 Å². The van der Waals surface area contributed by atoms with Crippen molar-refractivity contribution in [1.29, 1.82) is 0 Å². The summed E-state index contributed by atoms with van der Waals surface area (Å²) in [6.07, 6.45) is 6.25. The molecule has 6 aliphatic rings. The number of aryl methyl sites for hydroxylation is 1. The highest BCUT2D eigenvalue weighted by molar-refractivity contribution is 5.99. The summed E-state index contributed by atoms with van der Waals surface area (Å²) in [6, 6.07) is 13.9. The highest BCUT2D eigenvalue weighted by atomic mass is 16.5. The number of ether oxygens (including phenoxy) is 2. The Kier molecular flexibility index (Phi) is 6.51. The molecule has 5 aliphatic heterocycles. The third-order valence-corrected chi connectivity index (χ3v) is 10.3. The van der Waals surface area contributed by atoms with Gasteiger partial charge in [0.1, 0.15) is 17.1 Å². The first-order valence-corrected chi connectivity index (χ1v) is 15.7. The average molecular weight is 571 g/mol. The number of hydrogen-bond acceptors (Lipinski definition) is 6. The normalized spacial score (nSPS) is 33.4. The van der Waals surface area contributed by atoms with Gasteiger partial charge in [-0.2, -0.15) is 0 Å². The Balaban J connectivity index is 1.28. The minimum Gasteiger partial charge on any atom is -0.493 e. The van der Waals surface area contributed by atoms with Gasteiger partial charge in [-0.3, -0.25) is 14.5 Å². The third kappa shape index (κ3) is 4.73. The molecule has 2 amide bonds. The van der Waals surface area contributed by atoms with Crippen molar-refractivity contribution in [3.63, 3.8) is 0 Å². The molecule has 4 unspecified atom stereocenters. The van der Waals surface area contributed by atoms with Gasteiger partial charge in [0.2, 0.25) is 11.8 Å². The second kappa shape index (κ2) is 10.0. The van der Waals surface area contributed by atoms with Crippen molar-refractivity contribution < 1.29 is 19.1 Å². The summed E-state index contributed by atoms with van der Waals surface area (Å²) in [7, 11) is 0. The number of guanidine groups is 1. The van der Waals surface area contributed by atoms with E-state index in [1.807, 2.05) is 24.3 Å². The van der Waals surface area contributed by atoms with Gasteiger partial charge >= 0.3 is 0 Å². The second-order valence-corrected chi connectivity index (χ2v) is 13.7. The molecule has 1 fully saturated rings. The Morgan fingerprint density at radius 1 is 1.07 bits per heavy atom. The molecule has 3 N–H and O–H groups in total. The summed E-state index contributed by atoms with van der Waals surface area (Å²) < 4.78 is 12.6. The SMILES string of the molecule is CC[C@@]12CCCCc3ccc4c(c3)[C@H](CC(C)(C)O4)NC(=O)C3CC3C3COc4ccccc4C3N(C(=O)C1)C(N)=N2. The molecule has 2 aromatic rings. The number of amides is 2. The van der Waals surface area contributed by atoms with Gasteiger partial charge in [0.05, 0.1) is 30.7 Å². The van der Waals surface area contributed by atoms with E-state index < -0.39 is 5.54 Å². The predicted molar refractivity (Wildman–Crippen MR) is 160 cm³/mol. The minimum atomic E-state index is -0.480. The van der Waals surface area contributed by atoms with Crippen LogP contribution in [0.2, 0.25) is 0 Å². The number of para-hydroxylation sites is 1. The second-order valence-electron chi connectivity index (χ2n) is 13.7. The monoisotopic (exact) mass is 570 g/mol. The van der Waals surface area contributed by atoms with E-state index >= 15 is 0 Å². The predicted octanol–water partition coefficient (Wildman–Crippen LogP) is 5.21. The number of fused-ring (bicyclic) bond motifs is 6. The van der Waals surface area contributed by atoms with Crippen LogP contribution in [0.1, 0.15) is 94.5 Å². The zero-order valence-corrected chi connectivity index (χ0v) is 24.9. The lowest BCUT2D eigenvalue weighted by Gasteiger charge is -2.45. The smallest absolute Gasteiger partial charge is 0.232 e. The van der Waals surface area contributed by atoms with Gasteiger partial charge in [-0.15, -0.1) is 0 Å². The fourth-order valence-corrected chi connectivity index (χ4v) is 7.95. The van der Waals surface area contributed by atoms with Crippen LogP contribution >= 0.6 is 0 Å². The van der Waals surface area contributed by atoms with Crippen LogP contribution in [0.4, 0.5) is 0 Å². The molecular weight excluding hydrogens is 528 g/mol. The average Bonchev–Trinajstić information content (AvgIpc) is 3.75. The summed E-state index contributed by atoms with van der Waals surface area (Å²) in [5.74, 6) is 1.89. The van der Waals surface area contributed by atoms with E-state index in [0.717, 1.165) is 61.2 Å². The molecule has 8 heteroatoms. The lowest BCUT2D eigenvalue weighted by atomic mass is 9.81. The van der Waals surface area contributed by atoms with Crippen molar-refractivity contribution in [2.45, 2.75) is 95.4 Å². The molecule has 4 bridgehead atoms. The van der Waals surface area contributed by atoms with Crippen molar-refractivity contribution in [2.24, 2.45) is 28.5 Å². The Bertz CT molecular complexity index is 1450. The van der Waals surface area contributed by atoms with Gasteiger partial charge < -0.3 is 20.5 Å². The van der Waals surface area contributed by atoms with Crippen LogP contribution in [-0.2, 0) is 16.0 Å². The minimum absolute atomic E-state index is 0.0171. The van der Waals surface area contributed by atoms with E-state index in [4.69, 9.17) is 20.2 Å². The molecule has 8 rings (SSSR count). The molecule has 1 aliphatic carbocycles. The van der Waals surface area contributed by atoms with Crippen LogP contribution in [0.15, 0.2) is 47.5 Å². The zero-order valence-electron chi connectivity index (χ0n) is 24.9. The number of aliphatic imine (C=N–C) groups is 1. The quantitative estimate of drug-likeness (QED) is 0.490. The fraction of sp³-hybridized carbons (Fsp3) is 0.559. The highest BCUT2D eigenvalue weighted by Gasteiger charge is 2.55. The van der Waals surface area contributed by atoms with Crippen molar-refractivity contribution in [2.75, 3.05) is 6.61 Å². The molecule has 8 nitrogen and oxygen atoms in total. The number of benzene rings is 2. The maximum absolute atomic E-state index is 14.0. The van der Waals surface area contributed by atoms with Crippen molar-refractivity contribution in [1.82, 2.24) is 10.2 Å². The van der Waals surface area contributed by atoms with Crippen molar-refractivity contribution >= 4 is 17.8 Å². The van der Waals surface area contributed by atoms with Gasteiger partial charge in [-0.1, -0.05) is 43.7 Å². The number of carbonyl (C=O) groups excluding carboxylic acids is 2. The molecule has 1 saturated carbocycles. The summed E-state index contributed by atoms with van der Waals surface area (Å²) in [5.41, 5.74) is 9.12. The molecule has 6 atom stereocenters. The van der Waals surface area contributed by atoms with Crippen molar-refractivity contribution in [3.05, 3.63) is 59.2 Å². The first kappa shape index (κ1) is 27.3. The molecule has 2 aromatic carbocycles. The van der Waals surface area contributed by atoms with Gasteiger partial charge in [0.25, 0.3) is 0 Å². The fourth-order valence-electron chi connectivity index (χ4n) is 7.95. The Morgan fingerprint density at radius 3 is 2.71 bits per heavy atom. The lowest BCUT2D eigenvalue weighted by molar-refractivity contribution is -0.133. The van der Waals surface area contributed by atoms with Gasteiger partial charge in [-0.25, -0.2) is 4.99 Å². The number of hydrogen-bond donors (Lipinski definition) is 2. The van der Waals surface area contributed by atoms with Gasteiger partial charge in [0.15, 0.2) is 5.96 Å². The maximum atomic E-state index is 14.0. The van der Waals surface area contributed by atoms with E-state index in [-0.39, 0.29) is 47.3 Å². The number of nitrogens with two attached hydrogens (primary N) is 1. The molecular formula is C34H42N4O4.